The molecule has 1 N–H and O–H groups in total. The average Bonchev–Trinajstić information content (AvgIpc) is 2.67. The number of carboxylic acids is 1. The Morgan fingerprint density at radius 3 is 2.63 bits per heavy atom. The predicted molar refractivity (Wildman–Crippen MR) is 70.0 cm³/mol. The van der Waals surface area contributed by atoms with Gasteiger partial charge in [-0.3, -0.25) is 4.79 Å². The number of methoxy groups -OCH3 is 1. The standard InChI is InChI=1S/C13H16O5S/c1-18-11-5-3-2-4-10(11)8-13(12(14)15)6-7-19(16,17)9-13/h2-5H,6-9H2,1H3,(H,14,15). The van der Waals surface area contributed by atoms with Crippen LogP contribution in [0.5, 0.6) is 5.75 Å². The van der Waals surface area contributed by atoms with Gasteiger partial charge in [-0.05, 0) is 24.5 Å². The molecule has 1 saturated heterocycles. The van der Waals surface area contributed by atoms with Gasteiger partial charge in [0.1, 0.15) is 5.75 Å². The number of carboxylic acid groups (broad SMARTS) is 1. The van der Waals surface area contributed by atoms with Crippen molar-refractivity contribution < 1.29 is 23.1 Å². The van der Waals surface area contributed by atoms with Crippen molar-refractivity contribution in [2.45, 2.75) is 12.8 Å². The summed E-state index contributed by atoms with van der Waals surface area (Å²) in [7, 11) is -1.75. The first kappa shape index (κ1) is 13.9. The summed E-state index contributed by atoms with van der Waals surface area (Å²) < 4.78 is 28.4. The highest BCUT2D eigenvalue weighted by molar-refractivity contribution is 7.91. The van der Waals surface area contributed by atoms with E-state index < -0.39 is 21.2 Å². The lowest BCUT2D eigenvalue weighted by atomic mass is 9.81. The molecule has 1 aliphatic rings. The second-order valence-electron chi connectivity index (χ2n) is 4.92. The molecule has 0 spiro atoms. The van der Waals surface area contributed by atoms with Gasteiger partial charge < -0.3 is 9.84 Å². The van der Waals surface area contributed by atoms with Crippen LogP contribution in [0.1, 0.15) is 12.0 Å². The number of para-hydroxylation sites is 1. The van der Waals surface area contributed by atoms with Crippen molar-refractivity contribution in [2.75, 3.05) is 18.6 Å². The molecule has 6 heteroatoms. The summed E-state index contributed by atoms with van der Waals surface area (Å²) in [6.07, 6.45) is 0.328. The molecule has 0 radical (unpaired) electrons. The van der Waals surface area contributed by atoms with Crippen molar-refractivity contribution in [3.8, 4) is 5.75 Å². The molecule has 1 fully saturated rings. The van der Waals surface area contributed by atoms with E-state index in [1.807, 2.05) is 0 Å². The van der Waals surface area contributed by atoms with E-state index in [1.165, 1.54) is 7.11 Å². The van der Waals surface area contributed by atoms with Crippen LogP contribution in [0.4, 0.5) is 0 Å². The van der Waals surface area contributed by atoms with Gasteiger partial charge in [0.25, 0.3) is 0 Å². The normalized spacial score (nSPS) is 25.1. The average molecular weight is 284 g/mol. The fourth-order valence-electron chi connectivity index (χ4n) is 2.51. The highest BCUT2D eigenvalue weighted by Crippen LogP contribution is 2.38. The maximum Gasteiger partial charge on any atom is 0.311 e. The minimum atomic E-state index is -3.26. The third-order valence-corrected chi connectivity index (χ3v) is 5.38. The number of rotatable bonds is 4. The first-order valence-electron chi connectivity index (χ1n) is 5.94. The van der Waals surface area contributed by atoms with E-state index in [-0.39, 0.29) is 24.3 Å². The van der Waals surface area contributed by atoms with Crippen LogP contribution < -0.4 is 4.74 Å². The van der Waals surface area contributed by atoms with Crippen molar-refractivity contribution in [3.05, 3.63) is 29.8 Å². The van der Waals surface area contributed by atoms with Crippen LogP contribution in [0.3, 0.4) is 0 Å². The molecule has 1 heterocycles. The van der Waals surface area contributed by atoms with E-state index in [0.29, 0.717) is 5.75 Å². The van der Waals surface area contributed by atoms with Gasteiger partial charge in [0.2, 0.25) is 0 Å². The molecule has 1 aliphatic heterocycles. The molecular formula is C13H16O5S. The molecule has 0 amide bonds. The molecule has 1 unspecified atom stereocenters. The summed E-state index contributed by atoms with van der Waals surface area (Å²) in [6.45, 7) is 0. The second kappa shape index (κ2) is 4.85. The fraction of sp³-hybridized carbons (Fsp3) is 0.462. The molecule has 0 bridgehead atoms. The van der Waals surface area contributed by atoms with Crippen molar-refractivity contribution in [3.63, 3.8) is 0 Å². The van der Waals surface area contributed by atoms with E-state index in [4.69, 9.17) is 4.74 Å². The van der Waals surface area contributed by atoms with Crippen LogP contribution in [-0.2, 0) is 21.1 Å². The Labute approximate surface area is 112 Å². The summed E-state index contributed by atoms with van der Waals surface area (Å²) in [5.41, 5.74) is -0.502. The van der Waals surface area contributed by atoms with E-state index >= 15 is 0 Å². The van der Waals surface area contributed by atoms with E-state index in [9.17, 15) is 18.3 Å². The Morgan fingerprint density at radius 1 is 1.42 bits per heavy atom. The summed E-state index contributed by atoms with van der Waals surface area (Å²) >= 11 is 0. The Bertz CT molecular complexity index is 593. The van der Waals surface area contributed by atoms with Gasteiger partial charge in [-0.2, -0.15) is 0 Å². The zero-order valence-electron chi connectivity index (χ0n) is 10.6. The smallest absolute Gasteiger partial charge is 0.311 e. The Kier molecular flexibility index (Phi) is 3.54. The summed E-state index contributed by atoms with van der Waals surface area (Å²) in [4.78, 5) is 11.5. The highest BCUT2D eigenvalue weighted by atomic mass is 32.2. The van der Waals surface area contributed by atoms with E-state index in [2.05, 4.69) is 0 Å². The van der Waals surface area contributed by atoms with Gasteiger partial charge in [-0.25, -0.2) is 8.42 Å². The molecule has 1 aromatic rings. The van der Waals surface area contributed by atoms with Gasteiger partial charge in [0.05, 0.1) is 24.0 Å². The predicted octanol–water partition coefficient (Wildman–Crippen LogP) is 1.13. The number of hydrogen-bond donors (Lipinski definition) is 1. The van der Waals surface area contributed by atoms with E-state index in [0.717, 1.165) is 5.56 Å². The SMILES string of the molecule is COc1ccccc1CC1(C(=O)O)CCS(=O)(=O)C1. The zero-order valence-corrected chi connectivity index (χ0v) is 11.4. The van der Waals surface area contributed by atoms with Crippen LogP contribution in [0.2, 0.25) is 0 Å². The lowest BCUT2D eigenvalue weighted by Crippen LogP contribution is -2.34. The van der Waals surface area contributed by atoms with Crippen molar-refractivity contribution in [1.29, 1.82) is 0 Å². The molecule has 0 saturated carbocycles. The first-order valence-corrected chi connectivity index (χ1v) is 7.76. The summed E-state index contributed by atoms with van der Waals surface area (Å²) in [6, 6.07) is 7.10. The number of hydrogen-bond acceptors (Lipinski definition) is 4. The van der Waals surface area contributed by atoms with Crippen LogP contribution in [0.15, 0.2) is 24.3 Å². The minimum Gasteiger partial charge on any atom is -0.496 e. The van der Waals surface area contributed by atoms with Crippen molar-refractivity contribution in [1.82, 2.24) is 0 Å². The van der Waals surface area contributed by atoms with Crippen molar-refractivity contribution in [2.24, 2.45) is 5.41 Å². The molecule has 0 aliphatic carbocycles. The number of aliphatic carboxylic acids is 1. The van der Waals surface area contributed by atoms with Gasteiger partial charge in [-0.1, -0.05) is 18.2 Å². The quantitative estimate of drug-likeness (QED) is 0.896. The molecule has 19 heavy (non-hydrogen) atoms. The van der Waals surface area contributed by atoms with Crippen LogP contribution in [0, 0.1) is 5.41 Å². The minimum absolute atomic E-state index is 0.0611. The molecule has 2 rings (SSSR count). The van der Waals surface area contributed by atoms with Crippen LogP contribution in [-0.4, -0.2) is 38.1 Å². The molecular weight excluding hydrogens is 268 g/mol. The van der Waals surface area contributed by atoms with Gasteiger partial charge in [-0.15, -0.1) is 0 Å². The summed E-state index contributed by atoms with van der Waals surface area (Å²) in [5.74, 6) is -0.825. The van der Waals surface area contributed by atoms with Crippen LogP contribution in [0.25, 0.3) is 0 Å². The Morgan fingerprint density at radius 2 is 2.11 bits per heavy atom. The van der Waals surface area contributed by atoms with Gasteiger partial charge >= 0.3 is 5.97 Å². The van der Waals surface area contributed by atoms with Crippen LogP contribution >= 0.6 is 0 Å². The van der Waals surface area contributed by atoms with Gasteiger partial charge in [0, 0.05) is 0 Å². The third kappa shape index (κ3) is 2.73. The lowest BCUT2D eigenvalue weighted by Gasteiger charge is -2.23. The number of carbonyl (C=O) groups is 1. The monoisotopic (exact) mass is 284 g/mol. The fourth-order valence-corrected chi connectivity index (χ4v) is 4.57. The maximum atomic E-state index is 11.6. The second-order valence-corrected chi connectivity index (χ2v) is 7.10. The number of ether oxygens (including phenoxy) is 1. The maximum absolute atomic E-state index is 11.6. The topological polar surface area (TPSA) is 80.7 Å². The molecule has 104 valence electrons. The zero-order chi connectivity index (χ0) is 14.1. The van der Waals surface area contributed by atoms with E-state index in [1.54, 1.807) is 24.3 Å². The highest BCUT2D eigenvalue weighted by Gasteiger charge is 2.48. The van der Waals surface area contributed by atoms with Crippen molar-refractivity contribution >= 4 is 15.8 Å². The number of benzene rings is 1. The molecule has 5 nitrogen and oxygen atoms in total. The first-order chi connectivity index (χ1) is 8.88. The number of sulfone groups is 1. The van der Waals surface area contributed by atoms with Gasteiger partial charge in [0.15, 0.2) is 9.84 Å². The third-order valence-electron chi connectivity index (χ3n) is 3.56. The molecule has 1 aromatic carbocycles. The lowest BCUT2D eigenvalue weighted by molar-refractivity contribution is -0.147. The molecule has 0 aromatic heterocycles. The summed E-state index contributed by atoms with van der Waals surface area (Å²) in [5, 5.41) is 9.42. The largest absolute Gasteiger partial charge is 0.496 e. The Hall–Kier alpha value is -1.56. The molecule has 1 atom stereocenters. The Balaban J connectivity index is 2.36.